The van der Waals surface area contributed by atoms with Crippen molar-refractivity contribution in [3.8, 4) is 0 Å². The number of aromatic nitrogens is 1. The van der Waals surface area contributed by atoms with Crippen LogP contribution in [0.3, 0.4) is 0 Å². The number of carbonyl (C=O) groups is 2. The second-order valence-corrected chi connectivity index (χ2v) is 5.62. The number of pyridine rings is 1. The van der Waals surface area contributed by atoms with Crippen molar-refractivity contribution in [2.45, 2.75) is 33.2 Å². The summed E-state index contributed by atoms with van der Waals surface area (Å²) in [7, 11) is 0. The predicted octanol–water partition coefficient (Wildman–Crippen LogP) is 3.39. The highest BCUT2D eigenvalue weighted by atomic mass is 16.2. The molecule has 1 heterocycles. The first-order valence-corrected chi connectivity index (χ1v) is 8.22. The van der Waals surface area contributed by atoms with E-state index in [1.165, 1.54) is 6.20 Å². The van der Waals surface area contributed by atoms with Crippen molar-refractivity contribution in [3.63, 3.8) is 0 Å². The zero-order chi connectivity index (χ0) is 17.4. The molecule has 1 aromatic heterocycles. The zero-order valence-electron chi connectivity index (χ0n) is 14.1. The van der Waals surface area contributed by atoms with E-state index in [1.807, 2.05) is 38.1 Å². The predicted molar refractivity (Wildman–Crippen MR) is 94.6 cm³/mol. The van der Waals surface area contributed by atoms with Crippen LogP contribution in [0.4, 0.5) is 5.69 Å². The number of rotatable bonds is 7. The van der Waals surface area contributed by atoms with Crippen molar-refractivity contribution in [1.29, 1.82) is 0 Å². The lowest BCUT2D eigenvalue weighted by Crippen LogP contribution is -2.23. The van der Waals surface area contributed by atoms with Crippen LogP contribution in [0.5, 0.6) is 0 Å². The van der Waals surface area contributed by atoms with Crippen LogP contribution < -0.4 is 10.6 Å². The Labute approximate surface area is 142 Å². The van der Waals surface area contributed by atoms with E-state index in [0.717, 1.165) is 24.1 Å². The first kappa shape index (κ1) is 17.7. The Morgan fingerprint density at radius 3 is 2.38 bits per heavy atom. The van der Waals surface area contributed by atoms with Crippen LogP contribution in [0, 0.1) is 5.92 Å². The number of hydrogen-bond donors (Lipinski definition) is 2. The molecular formula is C19H23N3O2. The summed E-state index contributed by atoms with van der Waals surface area (Å²) in [5, 5.41) is 5.77. The Morgan fingerprint density at radius 2 is 1.79 bits per heavy atom. The number of nitrogens with zero attached hydrogens (tertiary/aromatic N) is 1. The minimum absolute atomic E-state index is 0.0449. The van der Waals surface area contributed by atoms with Crippen LogP contribution in [-0.2, 0) is 11.3 Å². The molecular weight excluding hydrogens is 302 g/mol. The number of nitrogens with one attached hydrogen (secondary N) is 2. The highest BCUT2D eigenvalue weighted by molar-refractivity contribution is 5.94. The molecule has 0 atom stereocenters. The van der Waals surface area contributed by atoms with Crippen LogP contribution in [-0.4, -0.2) is 16.8 Å². The van der Waals surface area contributed by atoms with Crippen molar-refractivity contribution < 1.29 is 9.59 Å². The number of anilines is 1. The van der Waals surface area contributed by atoms with Crippen LogP contribution in [0.2, 0.25) is 0 Å². The fraction of sp³-hybridized carbons (Fsp3) is 0.316. The molecule has 0 saturated heterocycles. The highest BCUT2D eigenvalue weighted by Crippen LogP contribution is 2.14. The number of benzene rings is 1. The highest BCUT2D eigenvalue weighted by Gasteiger charge is 2.13. The summed E-state index contributed by atoms with van der Waals surface area (Å²) < 4.78 is 0. The van der Waals surface area contributed by atoms with Crippen LogP contribution in [0.1, 0.15) is 42.6 Å². The van der Waals surface area contributed by atoms with Crippen molar-refractivity contribution in [2.75, 3.05) is 5.32 Å². The fourth-order valence-corrected chi connectivity index (χ4v) is 2.39. The van der Waals surface area contributed by atoms with Gasteiger partial charge in [0.25, 0.3) is 5.91 Å². The molecule has 0 fully saturated rings. The summed E-state index contributed by atoms with van der Waals surface area (Å²) in [4.78, 5) is 27.9. The number of hydrogen-bond acceptors (Lipinski definition) is 3. The molecule has 2 N–H and O–H groups in total. The molecule has 0 aliphatic heterocycles. The molecule has 5 nitrogen and oxygen atoms in total. The topological polar surface area (TPSA) is 71.1 Å². The van der Waals surface area contributed by atoms with Gasteiger partial charge in [-0.3, -0.25) is 14.6 Å². The molecule has 0 bridgehead atoms. The Morgan fingerprint density at radius 1 is 1.08 bits per heavy atom. The number of amides is 2. The summed E-state index contributed by atoms with van der Waals surface area (Å²) >= 11 is 0. The molecule has 0 spiro atoms. The molecule has 0 aliphatic carbocycles. The maximum absolute atomic E-state index is 12.1. The largest absolute Gasteiger partial charge is 0.348 e. The van der Waals surface area contributed by atoms with E-state index in [1.54, 1.807) is 18.3 Å². The van der Waals surface area contributed by atoms with E-state index in [4.69, 9.17) is 0 Å². The molecule has 2 amide bonds. The van der Waals surface area contributed by atoms with Gasteiger partial charge in [-0.15, -0.1) is 0 Å². The van der Waals surface area contributed by atoms with Gasteiger partial charge in [-0.2, -0.15) is 0 Å². The van der Waals surface area contributed by atoms with E-state index in [-0.39, 0.29) is 17.7 Å². The molecule has 126 valence electrons. The summed E-state index contributed by atoms with van der Waals surface area (Å²) in [6.45, 7) is 4.46. The molecule has 0 saturated carbocycles. The van der Waals surface area contributed by atoms with Crippen molar-refractivity contribution in [2.24, 2.45) is 5.92 Å². The maximum atomic E-state index is 12.1. The summed E-state index contributed by atoms with van der Waals surface area (Å²) in [5.41, 5.74) is 2.27. The first-order valence-electron chi connectivity index (χ1n) is 8.22. The third-order valence-electron chi connectivity index (χ3n) is 3.95. The molecule has 2 aromatic rings. The smallest absolute Gasteiger partial charge is 0.253 e. The first-order chi connectivity index (χ1) is 11.6. The summed E-state index contributed by atoms with van der Waals surface area (Å²) in [6, 6.07) is 10.9. The van der Waals surface area contributed by atoms with Gasteiger partial charge in [-0.25, -0.2) is 0 Å². The third-order valence-corrected chi connectivity index (χ3v) is 3.95. The van der Waals surface area contributed by atoms with E-state index >= 15 is 0 Å². The molecule has 0 aliphatic rings. The van der Waals surface area contributed by atoms with E-state index in [0.29, 0.717) is 12.1 Å². The van der Waals surface area contributed by atoms with Gasteiger partial charge < -0.3 is 10.6 Å². The summed E-state index contributed by atoms with van der Waals surface area (Å²) in [6.07, 6.45) is 4.83. The minimum Gasteiger partial charge on any atom is -0.348 e. The van der Waals surface area contributed by atoms with Crippen LogP contribution >= 0.6 is 0 Å². The maximum Gasteiger partial charge on any atom is 0.253 e. The standard InChI is InChI=1S/C19H23N3O2/c1-3-15(4-2)19(24)22-17-9-7-14(8-10-17)12-21-18(23)16-6-5-11-20-13-16/h5-11,13,15H,3-4,12H2,1-2H3,(H,21,23)(H,22,24). The second-order valence-electron chi connectivity index (χ2n) is 5.62. The fourth-order valence-electron chi connectivity index (χ4n) is 2.39. The van der Waals surface area contributed by atoms with Gasteiger partial charge >= 0.3 is 0 Å². The average Bonchev–Trinajstić information content (AvgIpc) is 2.62. The van der Waals surface area contributed by atoms with Gasteiger partial charge in [0.2, 0.25) is 5.91 Å². The quantitative estimate of drug-likeness (QED) is 0.820. The lowest BCUT2D eigenvalue weighted by molar-refractivity contribution is -0.120. The van der Waals surface area contributed by atoms with E-state index in [9.17, 15) is 9.59 Å². The van der Waals surface area contributed by atoms with E-state index in [2.05, 4.69) is 15.6 Å². The van der Waals surface area contributed by atoms with Gasteiger partial charge in [0.1, 0.15) is 0 Å². The van der Waals surface area contributed by atoms with Crippen LogP contribution in [0.25, 0.3) is 0 Å². The minimum atomic E-state index is -0.158. The second kappa shape index (κ2) is 8.82. The molecule has 0 radical (unpaired) electrons. The van der Waals surface area contributed by atoms with Gasteiger partial charge in [-0.05, 0) is 42.7 Å². The van der Waals surface area contributed by atoms with Crippen molar-refractivity contribution in [1.82, 2.24) is 10.3 Å². The van der Waals surface area contributed by atoms with E-state index < -0.39 is 0 Å². The monoisotopic (exact) mass is 325 g/mol. The SMILES string of the molecule is CCC(CC)C(=O)Nc1ccc(CNC(=O)c2cccnc2)cc1. The lowest BCUT2D eigenvalue weighted by Gasteiger charge is -2.13. The van der Waals surface area contributed by atoms with Crippen molar-refractivity contribution in [3.05, 3.63) is 59.9 Å². The molecule has 24 heavy (non-hydrogen) atoms. The van der Waals surface area contributed by atoms with Gasteiger partial charge in [0, 0.05) is 30.5 Å². The third kappa shape index (κ3) is 4.91. The van der Waals surface area contributed by atoms with Gasteiger partial charge in [0.15, 0.2) is 0 Å². The Balaban J connectivity index is 1.88. The lowest BCUT2D eigenvalue weighted by atomic mass is 10.0. The van der Waals surface area contributed by atoms with Crippen LogP contribution in [0.15, 0.2) is 48.8 Å². The molecule has 0 unspecified atom stereocenters. The average molecular weight is 325 g/mol. The molecule has 2 rings (SSSR count). The molecule has 5 heteroatoms. The summed E-state index contributed by atoms with van der Waals surface area (Å²) in [5.74, 6) is -0.0599. The van der Waals surface area contributed by atoms with Crippen molar-refractivity contribution >= 4 is 17.5 Å². The Hall–Kier alpha value is -2.69. The zero-order valence-corrected chi connectivity index (χ0v) is 14.1. The Bertz CT molecular complexity index is 665. The number of carbonyl (C=O) groups excluding carboxylic acids is 2. The molecule has 1 aromatic carbocycles. The Kier molecular flexibility index (Phi) is 6.49. The van der Waals surface area contributed by atoms with Gasteiger partial charge in [-0.1, -0.05) is 26.0 Å². The van der Waals surface area contributed by atoms with Gasteiger partial charge in [0.05, 0.1) is 5.56 Å². The normalized spacial score (nSPS) is 10.5.